The van der Waals surface area contributed by atoms with E-state index in [1.807, 2.05) is 0 Å². The maximum absolute atomic E-state index is 9.92. The first-order valence-corrected chi connectivity index (χ1v) is 6.38. The summed E-state index contributed by atoms with van der Waals surface area (Å²) < 4.78 is 5.53. The molecule has 1 aliphatic heterocycles. The molecular weight excluding hydrogens is 276 g/mol. The molecule has 0 saturated heterocycles. The first-order valence-electron chi connectivity index (χ1n) is 6.38. The van der Waals surface area contributed by atoms with E-state index in [-0.39, 0.29) is 29.8 Å². The molecule has 5 N–H and O–H groups in total. The topological polar surface area (TPSA) is 110 Å². The predicted molar refractivity (Wildman–Crippen MR) is 73.1 cm³/mol. The number of phenols is 5. The summed E-state index contributed by atoms with van der Waals surface area (Å²) >= 11 is 0. The summed E-state index contributed by atoms with van der Waals surface area (Å²) in [6.45, 7) is 0.245. The summed E-state index contributed by atoms with van der Waals surface area (Å²) in [5.41, 5.74) is 1.14. The van der Waals surface area contributed by atoms with Gasteiger partial charge in [0.25, 0.3) is 0 Å². The van der Waals surface area contributed by atoms with Crippen molar-refractivity contribution in [3.05, 3.63) is 35.4 Å². The lowest BCUT2D eigenvalue weighted by atomic mass is 9.89. The SMILES string of the molecule is Oc1cc2c(cc1O)OCC(c1ccc(O)c(O)c1O)C2. The van der Waals surface area contributed by atoms with E-state index in [4.69, 9.17) is 4.74 Å². The van der Waals surface area contributed by atoms with Gasteiger partial charge in [0.15, 0.2) is 23.0 Å². The molecule has 0 aromatic heterocycles. The van der Waals surface area contributed by atoms with Crippen LogP contribution in [0.1, 0.15) is 17.0 Å². The fourth-order valence-electron chi connectivity index (χ4n) is 2.52. The molecule has 0 saturated carbocycles. The highest BCUT2D eigenvalue weighted by Gasteiger charge is 2.26. The average Bonchev–Trinajstić information content (AvgIpc) is 2.46. The number of rotatable bonds is 1. The van der Waals surface area contributed by atoms with Gasteiger partial charge in [-0.2, -0.15) is 0 Å². The second-order valence-corrected chi connectivity index (χ2v) is 5.03. The van der Waals surface area contributed by atoms with Gasteiger partial charge in [-0.25, -0.2) is 0 Å². The summed E-state index contributed by atoms with van der Waals surface area (Å²) in [5, 5.41) is 47.8. The van der Waals surface area contributed by atoms with Crippen LogP contribution >= 0.6 is 0 Å². The maximum atomic E-state index is 9.92. The summed E-state index contributed by atoms with van der Waals surface area (Å²) in [5.74, 6) is -1.59. The van der Waals surface area contributed by atoms with Gasteiger partial charge in [-0.15, -0.1) is 0 Å². The Balaban J connectivity index is 1.97. The Hall–Kier alpha value is -2.76. The Morgan fingerprint density at radius 2 is 1.57 bits per heavy atom. The highest BCUT2D eigenvalue weighted by atomic mass is 16.5. The highest BCUT2D eigenvalue weighted by Crippen LogP contribution is 2.44. The molecule has 0 aliphatic carbocycles. The lowest BCUT2D eigenvalue weighted by Gasteiger charge is -2.26. The van der Waals surface area contributed by atoms with Gasteiger partial charge < -0.3 is 30.3 Å². The van der Waals surface area contributed by atoms with E-state index in [2.05, 4.69) is 0 Å². The Labute approximate surface area is 120 Å². The molecule has 0 spiro atoms. The maximum Gasteiger partial charge on any atom is 0.200 e. The van der Waals surface area contributed by atoms with E-state index < -0.39 is 11.5 Å². The third kappa shape index (κ3) is 2.14. The molecule has 1 unspecified atom stereocenters. The van der Waals surface area contributed by atoms with Gasteiger partial charge in [-0.3, -0.25) is 0 Å². The van der Waals surface area contributed by atoms with E-state index in [1.54, 1.807) is 0 Å². The number of fused-ring (bicyclic) bond motifs is 1. The Morgan fingerprint density at radius 1 is 0.857 bits per heavy atom. The molecule has 1 atom stereocenters. The largest absolute Gasteiger partial charge is 0.504 e. The number of hydrogen-bond acceptors (Lipinski definition) is 6. The van der Waals surface area contributed by atoms with Crippen LogP contribution in [0.2, 0.25) is 0 Å². The zero-order valence-electron chi connectivity index (χ0n) is 10.9. The summed E-state index contributed by atoms with van der Waals surface area (Å²) in [7, 11) is 0. The van der Waals surface area contributed by atoms with Gasteiger partial charge >= 0.3 is 0 Å². The summed E-state index contributed by atoms with van der Waals surface area (Å²) in [6.07, 6.45) is 0.459. The van der Waals surface area contributed by atoms with Crippen LogP contribution < -0.4 is 4.74 Å². The van der Waals surface area contributed by atoms with E-state index in [0.717, 1.165) is 0 Å². The van der Waals surface area contributed by atoms with Crippen LogP contribution in [0, 0.1) is 0 Å². The predicted octanol–water partition coefficient (Wildman–Crippen LogP) is 1.93. The highest BCUT2D eigenvalue weighted by molar-refractivity contribution is 5.56. The summed E-state index contributed by atoms with van der Waals surface area (Å²) in [4.78, 5) is 0. The second-order valence-electron chi connectivity index (χ2n) is 5.03. The van der Waals surface area contributed by atoms with Gasteiger partial charge in [-0.05, 0) is 24.1 Å². The molecule has 0 bridgehead atoms. The fourth-order valence-corrected chi connectivity index (χ4v) is 2.52. The van der Waals surface area contributed by atoms with Crippen molar-refractivity contribution in [2.45, 2.75) is 12.3 Å². The van der Waals surface area contributed by atoms with Crippen molar-refractivity contribution in [3.63, 3.8) is 0 Å². The molecule has 110 valence electrons. The van der Waals surface area contributed by atoms with Gasteiger partial charge in [0.2, 0.25) is 5.75 Å². The Kier molecular flexibility index (Phi) is 2.94. The Morgan fingerprint density at radius 3 is 2.33 bits per heavy atom. The minimum Gasteiger partial charge on any atom is -0.504 e. The zero-order chi connectivity index (χ0) is 15.1. The average molecular weight is 290 g/mol. The van der Waals surface area contributed by atoms with Crippen molar-refractivity contribution < 1.29 is 30.3 Å². The lowest BCUT2D eigenvalue weighted by Crippen LogP contribution is -2.19. The van der Waals surface area contributed by atoms with Gasteiger partial charge in [0, 0.05) is 17.5 Å². The van der Waals surface area contributed by atoms with Gasteiger partial charge in [0.1, 0.15) is 5.75 Å². The van der Waals surface area contributed by atoms with Gasteiger partial charge in [0.05, 0.1) is 6.61 Å². The molecule has 6 nitrogen and oxygen atoms in total. The van der Waals surface area contributed by atoms with Crippen LogP contribution in [0.4, 0.5) is 0 Å². The molecular formula is C15H14O6. The van der Waals surface area contributed by atoms with Crippen molar-refractivity contribution in [3.8, 4) is 34.5 Å². The molecule has 3 rings (SSSR count). The first kappa shape index (κ1) is 13.2. The third-order valence-electron chi connectivity index (χ3n) is 3.66. The quantitative estimate of drug-likeness (QED) is 0.513. The fraction of sp³-hybridized carbons (Fsp3) is 0.200. The van der Waals surface area contributed by atoms with Crippen LogP contribution in [0.3, 0.4) is 0 Å². The lowest BCUT2D eigenvalue weighted by molar-refractivity contribution is 0.255. The normalized spacial score (nSPS) is 17.0. The Bertz CT molecular complexity index is 710. The van der Waals surface area contributed by atoms with Crippen LogP contribution in [-0.2, 0) is 6.42 Å². The minimum absolute atomic E-state index is 0.240. The molecule has 2 aromatic rings. The standard InChI is InChI=1S/C15H14O6/c16-10-2-1-9(14(19)15(10)20)8-3-7-4-11(17)12(18)5-13(7)21-6-8/h1-2,4-5,8,16-20H,3,6H2. The monoisotopic (exact) mass is 290 g/mol. The summed E-state index contributed by atoms with van der Waals surface area (Å²) in [6, 6.07) is 5.57. The first-order chi connectivity index (χ1) is 9.97. The van der Waals surface area contributed by atoms with Gasteiger partial charge in [-0.1, -0.05) is 6.07 Å². The van der Waals surface area contributed by atoms with E-state index in [1.165, 1.54) is 24.3 Å². The number of benzene rings is 2. The van der Waals surface area contributed by atoms with Crippen molar-refractivity contribution >= 4 is 0 Å². The van der Waals surface area contributed by atoms with Crippen molar-refractivity contribution in [2.24, 2.45) is 0 Å². The van der Waals surface area contributed by atoms with E-state index in [9.17, 15) is 25.5 Å². The smallest absolute Gasteiger partial charge is 0.200 e. The zero-order valence-corrected chi connectivity index (χ0v) is 10.9. The molecule has 0 fully saturated rings. The number of aromatic hydroxyl groups is 5. The molecule has 6 heteroatoms. The van der Waals surface area contributed by atoms with Crippen molar-refractivity contribution in [1.82, 2.24) is 0 Å². The molecule has 0 radical (unpaired) electrons. The van der Waals surface area contributed by atoms with E-state index >= 15 is 0 Å². The number of phenolic OH excluding ortho intramolecular Hbond substituents is 5. The van der Waals surface area contributed by atoms with Crippen LogP contribution in [-0.4, -0.2) is 32.1 Å². The van der Waals surface area contributed by atoms with Crippen LogP contribution in [0.25, 0.3) is 0 Å². The number of ether oxygens (including phenoxy) is 1. The molecule has 0 amide bonds. The molecule has 1 heterocycles. The number of hydrogen-bond donors (Lipinski definition) is 5. The minimum atomic E-state index is -0.563. The second kappa shape index (κ2) is 4.66. The molecule has 21 heavy (non-hydrogen) atoms. The molecule has 2 aromatic carbocycles. The van der Waals surface area contributed by atoms with Crippen molar-refractivity contribution in [1.29, 1.82) is 0 Å². The van der Waals surface area contributed by atoms with Crippen LogP contribution in [0.5, 0.6) is 34.5 Å². The third-order valence-corrected chi connectivity index (χ3v) is 3.66. The van der Waals surface area contributed by atoms with E-state index in [0.29, 0.717) is 23.3 Å². The molecule has 1 aliphatic rings. The van der Waals surface area contributed by atoms with Crippen LogP contribution in [0.15, 0.2) is 24.3 Å². The van der Waals surface area contributed by atoms with Crippen molar-refractivity contribution in [2.75, 3.05) is 6.61 Å².